The zero-order valence-electron chi connectivity index (χ0n) is 16.7. The highest BCUT2D eigenvalue weighted by atomic mass is 32.1. The van der Waals surface area contributed by atoms with Crippen molar-refractivity contribution in [2.75, 3.05) is 19.5 Å². The summed E-state index contributed by atoms with van der Waals surface area (Å²) in [5, 5.41) is 5.50. The lowest BCUT2D eigenvalue weighted by molar-refractivity contribution is -0.145. The van der Waals surface area contributed by atoms with Crippen LogP contribution in [0.3, 0.4) is 0 Å². The molecule has 9 nitrogen and oxygen atoms in total. The Bertz CT molecular complexity index is 1000. The summed E-state index contributed by atoms with van der Waals surface area (Å²) in [6, 6.07) is 9.24. The van der Waals surface area contributed by atoms with Crippen LogP contribution in [-0.2, 0) is 16.2 Å². The van der Waals surface area contributed by atoms with Gasteiger partial charge in [-0.15, -0.1) is 11.3 Å². The van der Waals surface area contributed by atoms with Crippen LogP contribution in [0.15, 0.2) is 53.1 Å². The average molecular weight is 427 g/mol. The van der Waals surface area contributed by atoms with Crippen molar-refractivity contribution in [3.63, 3.8) is 0 Å². The van der Waals surface area contributed by atoms with Crippen LogP contribution >= 0.6 is 11.3 Å². The number of anilines is 1. The smallest absolute Gasteiger partial charge is 0.329 e. The van der Waals surface area contributed by atoms with Gasteiger partial charge in [-0.25, -0.2) is 9.98 Å². The second kappa shape index (κ2) is 10.2. The van der Waals surface area contributed by atoms with Crippen molar-refractivity contribution in [1.29, 1.82) is 0 Å². The molecule has 2 heterocycles. The van der Waals surface area contributed by atoms with Crippen LogP contribution in [0, 0.1) is 0 Å². The Balaban J connectivity index is 1.82. The molecule has 0 aliphatic carbocycles. The second-order valence-corrected chi connectivity index (χ2v) is 6.76. The Kier molecular flexibility index (Phi) is 7.17. The molecule has 156 valence electrons. The first-order valence-electron chi connectivity index (χ1n) is 8.91. The molecule has 0 saturated carbocycles. The number of carbonyl (C=O) groups excluding carboxylic acids is 1. The van der Waals surface area contributed by atoms with Gasteiger partial charge in [0.15, 0.2) is 5.13 Å². The minimum atomic E-state index is -0.505. The first-order chi connectivity index (χ1) is 14.6. The first kappa shape index (κ1) is 21.1. The number of nitrogens with one attached hydrogen (secondary N) is 2. The summed E-state index contributed by atoms with van der Waals surface area (Å²) in [6.07, 6.45) is 3.44. The van der Waals surface area contributed by atoms with Crippen LogP contribution in [0.5, 0.6) is 11.5 Å². The third-order valence-corrected chi connectivity index (χ3v) is 4.66. The zero-order valence-corrected chi connectivity index (χ0v) is 17.5. The maximum atomic E-state index is 11.2. The van der Waals surface area contributed by atoms with Gasteiger partial charge < -0.3 is 14.3 Å². The summed E-state index contributed by atoms with van der Waals surface area (Å²) >= 11 is 1.38. The van der Waals surface area contributed by atoms with Crippen molar-refractivity contribution in [1.82, 2.24) is 15.4 Å². The van der Waals surface area contributed by atoms with Gasteiger partial charge in [-0.3, -0.25) is 15.1 Å². The Morgan fingerprint density at radius 3 is 2.57 bits per heavy atom. The highest BCUT2D eigenvalue weighted by Crippen LogP contribution is 2.29. The van der Waals surface area contributed by atoms with Crippen LogP contribution in [0.25, 0.3) is 11.3 Å². The van der Waals surface area contributed by atoms with Crippen LogP contribution in [-0.4, -0.2) is 36.1 Å². The molecule has 0 radical (unpaired) electrons. The molecule has 10 heteroatoms. The molecule has 0 aliphatic heterocycles. The van der Waals surface area contributed by atoms with Crippen LogP contribution < -0.4 is 20.3 Å². The number of hydrogen-bond acceptors (Lipinski definition) is 8. The van der Waals surface area contributed by atoms with Crippen molar-refractivity contribution in [2.45, 2.75) is 13.5 Å². The van der Waals surface area contributed by atoms with Gasteiger partial charge in [0.2, 0.25) is 5.96 Å². The Morgan fingerprint density at radius 2 is 1.93 bits per heavy atom. The minimum Gasteiger partial charge on any atom is -0.496 e. The Hall–Kier alpha value is -3.66. The van der Waals surface area contributed by atoms with Crippen LogP contribution in [0.2, 0.25) is 0 Å². The summed E-state index contributed by atoms with van der Waals surface area (Å²) in [4.78, 5) is 29.2. The molecule has 2 aromatic heterocycles. The quantitative estimate of drug-likeness (QED) is 0.351. The van der Waals surface area contributed by atoms with Gasteiger partial charge in [-0.05, 0) is 24.3 Å². The van der Waals surface area contributed by atoms with E-state index in [1.165, 1.54) is 18.3 Å². The predicted molar refractivity (Wildman–Crippen MR) is 115 cm³/mol. The molecule has 3 aromatic rings. The lowest BCUT2D eigenvalue weighted by Crippen LogP contribution is -2.32. The molecule has 3 rings (SSSR count). The number of methoxy groups -OCH3 is 2. The summed E-state index contributed by atoms with van der Waals surface area (Å²) in [5.74, 6) is 0.982. The molecular weight excluding hydrogens is 406 g/mol. The number of carbonyl (C=O) groups is 1. The summed E-state index contributed by atoms with van der Waals surface area (Å²) in [6.45, 7) is 1.50. The number of thiazole rings is 1. The summed E-state index contributed by atoms with van der Waals surface area (Å²) < 4.78 is 10.8. The zero-order chi connectivity index (χ0) is 21.3. The van der Waals surface area contributed by atoms with Crippen molar-refractivity contribution in [2.24, 2.45) is 4.99 Å². The van der Waals surface area contributed by atoms with Gasteiger partial charge in [0.25, 0.3) is 0 Å². The number of aromatic nitrogens is 2. The van der Waals surface area contributed by atoms with Gasteiger partial charge in [0.05, 0.1) is 32.0 Å². The van der Waals surface area contributed by atoms with E-state index >= 15 is 0 Å². The highest BCUT2D eigenvalue weighted by molar-refractivity contribution is 7.14. The number of nitrogens with zero attached hydrogens (tertiary/aromatic N) is 3. The monoisotopic (exact) mass is 427 g/mol. The van der Waals surface area contributed by atoms with Crippen molar-refractivity contribution in [3.8, 4) is 22.8 Å². The first-order valence-corrected chi connectivity index (χ1v) is 9.79. The third-order valence-electron chi connectivity index (χ3n) is 3.90. The van der Waals surface area contributed by atoms with E-state index in [4.69, 9.17) is 14.3 Å². The summed E-state index contributed by atoms with van der Waals surface area (Å²) in [7, 11) is 3.15. The minimum absolute atomic E-state index is 0.213. The number of benzene rings is 1. The van der Waals surface area contributed by atoms with E-state index in [1.54, 1.807) is 26.6 Å². The van der Waals surface area contributed by atoms with Gasteiger partial charge in [-0.1, -0.05) is 6.07 Å². The molecule has 1 aromatic carbocycles. The third kappa shape index (κ3) is 5.45. The molecule has 0 aliphatic rings. The van der Waals surface area contributed by atoms with E-state index in [2.05, 4.69) is 25.8 Å². The maximum Gasteiger partial charge on any atom is 0.329 e. The van der Waals surface area contributed by atoms with Crippen LogP contribution in [0.1, 0.15) is 12.5 Å². The normalized spacial score (nSPS) is 11.0. The second-order valence-electron chi connectivity index (χ2n) is 5.91. The number of hydroxylamine groups is 1. The molecule has 0 atom stereocenters. The SMILES string of the molecule is COc1cccc(OC)c1CN=C(NOC(C)=O)Nc1nc(-c2cccnc2)cs1. The summed E-state index contributed by atoms with van der Waals surface area (Å²) in [5.41, 5.74) is 4.94. The molecular formula is C20H21N5O4S. The molecule has 0 bridgehead atoms. The standard InChI is InChI=1S/C20H21N5O4S/c1-13(26)29-25-19(22-11-15-17(27-2)7-4-8-18(15)28-3)24-20-23-16(12-30-20)14-6-5-9-21-10-14/h4-10,12H,11H2,1-3H3,(H2,22,23,24,25). The number of rotatable bonds is 6. The fourth-order valence-electron chi connectivity index (χ4n) is 2.54. The number of guanidine groups is 1. The number of hydrogen-bond donors (Lipinski definition) is 2. The van der Waals surface area contributed by atoms with E-state index < -0.39 is 5.97 Å². The fraction of sp³-hybridized carbons (Fsp3) is 0.200. The molecule has 0 fully saturated rings. The van der Waals surface area contributed by atoms with Gasteiger partial charge in [0, 0.05) is 30.3 Å². The fourth-order valence-corrected chi connectivity index (χ4v) is 3.26. The number of ether oxygens (including phenoxy) is 2. The van der Waals surface area contributed by atoms with Crippen LogP contribution in [0.4, 0.5) is 5.13 Å². The van der Waals surface area contributed by atoms with Gasteiger partial charge in [-0.2, -0.15) is 5.48 Å². The lowest BCUT2D eigenvalue weighted by Gasteiger charge is -2.13. The molecule has 0 unspecified atom stereocenters. The van der Waals surface area contributed by atoms with E-state index in [-0.39, 0.29) is 12.5 Å². The van der Waals surface area contributed by atoms with Crippen molar-refractivity contribution in [3.05, 3.63) is 53.7 Å². The van der Waals surface area contributed by atoms with E-state index in [9.17, 15) is 4.79 Å². The molecule has 0 saturated heterocycles. The van der Waals surface area contributed by atoms with Crippen molar-refractivity contribution < 1.29 is 19.1 Å². The van der Waals surface area contributed by atoms with E-state index in [0.717, 1.165) is 16.8 Å². The molecule has 2 N–H and O–H groups in total. The molecule has 30 heavy (non-hydrogen) atoms. The predicted octanol–water partition coefficient (Wildman–Crippen LogP) is 3.26. The number of aliphatic imine (C=N–C) groups is 1. The average Bonchev–Trinajstić information content (AvgIpc) is 3.24. The lowest BCUT2D eigenvalue weighted by atomic mass is 10.2. The van der Waals surface area contributed by atoms with E-state index in [0.29, 0.717) is 16.6 Å². The Labute approximate surface area is 177 Å². The molecule has 0 spiro atoms. The number of pyridine rings is 1. The van der Waals surface area contributed by atoms with Gasteiger partial charge >= 0.3 is 5.97 Å². The largest absolute Gasteiger partial charge is 0.496 e. The van der Waals surface area contributed by atoms with Crippen molar-refractivity contribution >= 4 is 28.4 Å². The topological polar surface area (TPSA) is 107 Å². The Morgan fingerprint density at radius 1 is 1.17 bits per heavy atom. The highest BCUT2D eigenvalue weighted by Gasteiger charge is 2.12. The van der Waals surface area contributed by atoms with Gasteiger partial charge in [0.1, 0.15) is 11.5 Å². The molecule has 0 amide bonds. The maximum absolute atomic E-state index is 11.2. The van der Waals surface area contributed by atoms with E-state index in [1.807, 2.05) is 35.7 Å².